The predicted molar refractivity (Wildman–Crippen MR) is 162 cm³/mol. The standard InChI is InChI=1S/C32H33F4N7O3/c1-5-27(44)40-16-23(33)25(17-40)42-14-20(12-37-42)13-41-15-21-10-28(45)43(26-11-22(32(34,35)36)9-19(3)38-26)30(21)31(46)39(4)24-8-6-7-18(2)29(24)41/h5-9,11-12,14,21,23,25,30H,1,10,13,15-17H2,2-4H3/t21-,23-,25+,30+/m1/s1. The summed E-state index contributed by atoms with van der Waals surface area (Å²) in [4.78, 5) is 49.9. The zero-order chi connectivity index (χ0) is 33.1. The van der Waals surface area contributed by atoms with Crippen molar-refractivity contribution in [2.45, 2.75) is 51.2 Å². The molecule has 2 aromatic heterocycles. The summed E-state index contributed by atoms with van der Waals surface area (Å²) in [6, 6.07) is 5.45. The van der Waals surface area contributed by atoms with Gasteiger partial charge in [-0.15, -0.1) is 0 Å². The zero-order valence-corrected chi connectivity index (χ0v) is 25.5. The first-order valence-electron chi connectivity index (χ1n) is 14.8. The summed E-state index contributed by atoms with van der Waals surface area (Å²) in [5, 5.41) is 4.41. The van der Waals surface area contributed by atoms with E-state index >= 15 is 0 Å². The van der Waals surface area contributed by atoms with Crippen molar-refractivity contribution in [1.29, 1.82) is 0 Å². The maximum atomic E-state index is 15.0. The third-order valence-electron chi connectivity index (χ3n) is 8.95. The van der Waals surface area contributed by atoms with Crippen LogP contribution < -0.4 is 14.7 Å². The molecule has 5 heterocycles. The van der Waals surface area contributed by atoms with Crippen molar-refractivity contribution in [1.82, 2.24) is 19.7 Å². The van der Waals surface area contributed by atoms with Crippen LogP contribution in [-0.2, 0) is 27.1 Å². The largest absolute Gasteiger partial charge is 0.416 e. The Balaban J connectivity index is 1.35. The van der Waals surface area contributed by atoms with E-state index in [0.29, 0.717) is 5.69 Å². The lowest BCUT2D eigenvalue weighted by atomic mass is 9.94. The average Bonchev–Trinajstić information content (AvgIpc) is 3.70. The van der Waals surface area contributed by atoms with Crippen LogP contribution in [0.4, 0.5) is 34.8 Å². The summed E-state index contributed by atoms with van der Waals surface area (Å²) in [6.07, 6.45) is -1.55. The third-order valence-corrected chi connectivity index (χ3v) is 8.95. The molecule has 46 heavy (non-hydrogen) atoms. The number of likely N-dealkylation sites (N-methyl/N-ethyl adjacent to an activating group) is 1. The van der Waals surface area contributed by atoms with E-state index in [4.69, 9.17) is 0 Å². The van der Waals surface area contributed by atoms with E-state index < -0.39 is 47.7 Å². The van der Waals surface area contributed by atoms with Crippen LogP contribution in [-0.4, -0.2) is 76.3 Å². The number of aromatic nitrogens is 3. The molecule has 10 nitrogen and oxygen atoms in total. The number of fused-ring (bicyclic) bond motifs is 2. The predicted octanol–water partition coefficient (Wildman–Crippen LogP) is 4.23. The van der Waals surface area contributed by atoms with Crippen LogP contribution in [0.1, 0.15) is 34.8 Å². The molecular weight excluding hydrogens is 606 g/mol. The Bertz CT molecular complexity index is 1720. The number of amides is 3. The summed E-state index contributed by atoms with van der Waals surface area (Å²) in [5.74, 6) is -2.07. The number of hydrogen-bond donors (Lipinski definition) is 0. The van der Waals surface area contributed by atoms with Gasteiger partial charge < -0.3 is 14.7 Å². The van der Waals surface area contributed by atoms with Gasteiger partial charge in [-0.05, 0) is 43.7 Å². The molecule has 0 radical (unpaired) electrons. The van der Waals surface area contributed by atoms with Crippen LogP contribution in [0, 0.1) is 19.8 Å². The van der Waals surface area contributed by atoms with Gasteiger partial charge in [-0.2, -0.15) is 18.3 Å². The number of carbonyl (C=O) groups is 3. The maximum Gasteiger partial charge on any atom is 0.416 e. The van der Waals surface area contributed by atoms with Gasteiger partial charge in [0.1, 0.15) is 24.1 Å². The third kappa shape index (κ3) is 5.49. The highest BCUT2D eigenvalue weighted by atomic mass is 19.4. The van der Waals surface area contributed by atoms with E-state index in [0.717, 1.165) is 39.9 Å². The van der Waals surface area contributed by atoms with Gasteiger partial charge in [0.15, 0.2) is 0 Å². The second-order valence-corrected chi connectivity index (χ2v) is 12.1. The summed E-state index contributed by atoms with van der Waals surface area (Å²) in [5.41, 5.74) is 2.06. The molecule has 0 N–H and O–H groups in total. The van der Waals surface area contributed by atoms with E-state index in [1.54, 1.807) is 31.6 Å². The van der Waals surface area contributed by atoms with Gasteiger partial charge in [0.05, 0.1) is 29.7 Å². The molecule has 3 aliphatic rings. The fourth-order valence-corrected chi connectivity index (χ4v) is 6.81. The highest BCUT2D eigenvalue weighted by Gasteiger charge is 2.49. The molecule has 3 aliphatic heterocycles. The van der Waals surface area contributed by atoms with Gasteiger partial charge >= 0.3 is 6.18 Å². The second-order valence-electron chi connectivity index (χ2n) is 12.1. The van der Waals surface area contributed by atoms with Crippen LogP contribution >= 0.6 is 0 Å². The number of nitrogens with zero attached hydrogens (tertiary/aromatic N) is 7. The molecule has 3 aromatic rings. The summed E-state index contributed by atoms with van der Waals surface area (Å²) >= 11 is 0. The topological polar surface area (TPSA) is 94.9 Å². The smallest absolute Gasteiger partial charge is 0.365 e. The molecule has 0 bridgehead atoms. The number of pyridine rings is 1. The summed E-state index contributed by atoms with van der Waals surface area (Å²) in [6.45, 7) is 7.40. The number of para-hydroxylation sites is 1. The van der Waals surface area contributed by atoms with Crippen molar-refractivity contribution in [3.63, 3.8) is 0 Å². The second kappa shape index (κ2) is 11.6. The maximum absolute atomic E-state index is 15.0. The molecule has 242 valence electrons. The molecule has 0 aliphatic carbocycles. The lowest BCUT2D eigenvalue weighted by molar-refractivity contribution is -0.137. The quantitative estimate of drug-likeness (QED) is 0.307. The van der Waals surface area contributed by atoms with Gasteiger partial charge in [0, 0.05) is 56.5 Å². The lowest BCUT2D eigenvalue weighted by Crippen LogP contribution is -2.52. The molecule has 2 saturated heterocycles. The zero-order valence-electron chi connectivity index (χ0n) is 25.5. The molecule has 6 rings (SSSR count). The number of hydrogen-bond acceptors (Lipinski definition) is 6. The lowest BCUT2D eigenvalue weighted by Gasteiger charge is -2.39. The molecule has 3 amide bonds. The van der Waals surface area contributed by atoms with Crippen LogP contribution in [0.5, 0.6) is 0 Å². The average molecular weight is 640 g/mol. The van der Waals surface area contributed by atoms with Gasteiger partial charge in [0.2, 0.25) is 17.7 Å². The minimum absolute atomic E-state index is 0.0579. The number of halogens is 4. The van der Waals surface area contributed by atoms with Crippen LogP contribution in [0.15, 0.2) is 55.4 Å². The van der Waals surface area contributed by atoms with E-state index in [-0.39, 0.29) is 50.0 Å². The first-order valence-corrected chi connectivity index (χ1v) is 14.8. The van der Waals surface area contributed by atoms with E-state index in [2.05, 4.69) is 16.7 Å². The fraction of sp³-hybridized carbons (Fsp3) is 0.406. The van der Waals surface area contributed by atoms with Gasteiger partial charge in [-0.1, -0.05) is 18.7 Å². The Kier molecular flexibility index (Phi) is 7.85. The Labute approximate surface area is 262 Å². The molecule has 4 atom stereocenters. The highest BCUT2D eigenvalue weighted by molar-refractivity contribution is 6.10. The van der Waals surface area contributed by atoms with Crippen molar-refractivity contribution in [2.75, 3.05) is 41.4 Å². The number of benzene rings is 1. The number of anilines is 3. The summed E-state index contributed by atoms with van der Waals surface area (Å²) < 4.78 is 57.6. The minimum atomic E-state index is -4.66. The van der Waals surface area contributed by atoms with Crippen molar-refractivity contribution in [3.8, 4) is 0 Å². The molecule has 1 aromatic carbocycles. The molecule has 0 spiro atoms. The Morgan fingerprint density at radius 1 is 1.13 bits per heavy atom. The van der Waals surface area contributed by atoms with Crippen molar-refractivity contribution >= 4 is 34.9 Å². The molecule has 14 heteroatoms. The van der Waals surface area contributed by atoms with E-state index in [1.807, 2.05) is 17.9 Å². The molecule has 0 unspecified atom stereocenters. The highest BCUT2D eigenvalue weighted by Crippen LogP contribution is 2.42. The Morgan fingerprint density at radius 2 is 1.89 bits per heavy atom. The van der Waals surface area contributed by atoms with Crippen molar-refractivity contribution in [3.05, 3.63) is 77.8 Å². The Morgan fingerprint density at radius 3 is 2.61 bits per heavy atom. The van der Waals surface area contributed by atoms with Crippen molar-refractivity contribution < 1.29 is 31.9 Å². The van der Waals surface area contributed by atoms with E-state index in [1.165, 1.54) is 21.4 Å². The SMILES string of the molecule is C=CC(=O)N1C[C@@H](F)[C@@H](n2cc(CN3C[C@H]4CC(=O)N(c5cc(C(F)(F)F)cc(C)n5)[C@@H]4C(=O)N(C)c4cccc(C)c43)cn2)C1. The van der Waals surface area contributed by atoms with Gasteiger partial charge in [0.25, 0.3) is 0 Å². The number of carbonyl (C=O) groups excluding carboxylic acids is 3. The number of rotatable bonds is 5. The van der Waals surface area contributed by atoms with Gasteiger partial charge in [-0.25, -0.2) is 9.37 Å². The van der Waals surface area contributed by atoms with Gasteiger partial charge in [-0.3, -0.25) is 24.0 Å². The first kappa shape index (κ1) is 31.2. The fourth-order valence-electron chi connectivity index (χ4n) is 6.81. The Hall–Kier alpha value is -4.75. The molecule has 2 fully saturated rings. The number of alkyl halides is 4. The monoisotopic (exact) mass is 639 g/mol. The number of likely N-dealkylation sites (tertiary alicyclic amines) is 1. The number of aryl methyl sites for hydroxylation is 2. The molecular formula is C32H33F4N7O3. The van der Waals surface area contributed by atoms with Crippen molar-refractivity contribution in [2.24, 2.45) is 5.92 Å². The minimum Gasteiger partial charge on any atom is -0.365 e. The van der Waals surface area contributed by atoms with Crippen LogP contribution in [0.25, 0.3) is 0 Å². The van der Waals surface area contributed by atoms with Crippen LogP contribution in [0.3, 0.4) is 0 Å². The summed E-state index contributed by atoms with van der Waals surface area (Å²) in [7, 11) is 1.59. The first-order chi connectivity index (χ1) is 21.8. The van der Waals surface area contributed by atoms with E-state index in [9.17, 15) is 31.9 Å². The van der Waals surface area contributed by atoms with Crippen LogP contribution in [0.2, 0.25) is 0 Å². The normalized spacial score (nSPS) is 23.4. The molecule has 0 saturated carbocycles.